The minimum absolute atomic E-state index is 0.00497. The number of sulfonamides is 1. The molecule has 2 aromatic rings. The Labute approximate surface area is 328 Å². The summed E-state index contributed by atoms with van der Waals surface area (Å²) in [6.45, 7) is 4.19. The summed E-state index contributed by atoms with van der Waals surface area (Å²) >= 11 is 0. The molecule has 5 aliphatic rings. The molecule has 2 saturated heterocycles. The van der Waals surface area contributed by atoms with Gasteiger partial charge in [-0.3, -0.25) is 19.1 Å². The third-order valence-electron chi connectivity index (χ3n) is 12.1. The number of cyclic esters (lactones) is 1. The zero-order valence-electron chi connectivity index (χ0n) is 32.8. The second kappa shape index (κ2) is 15.9. The molecular weight excluding hydrogens is 743 g/mol. The van der Waals surface area contributed by atoms with Crippen LogP contribution in [0.5, 0.6) is 17.4 Å². The van der Waals surface area contributed by atoms with Crippen LogP contribution in [0, 0.1) is 11.3 Å². The van der Waals surface area contributed by atoms with Gasteiger partial charge in [0.1, 0.15) is 35.2 Å². The van der Waals surface area contributed by atoms with Gasteiger partial charge in [-0.05, 0) is 74.3 Å². The van der Waals surface area contributed by atoms with E-state index < -0.39 is 62.8 Å². The lowest BCUT2D eigenvalue weighted by molar-refractivity contribution is -0.141. The van der Waals surface area contributed by atoms with E-state index in [4.69, 9.17) is 18.9 Å². The number of nitrogens with one attached hydrogen (secondary N) is 3. The number of methoxy groups -OCH3 is 2. The number of alkyl carbamates (subject to hydrolysis) is 1. The Balaban J connectivity index is 1.26. The van der Waals surface area contributed by atoms with E-state index in [1.54, 1.807) is 13.2 Å². The maximum atomic E-state index is 14.6. The van der Waals surface area contributed by atoms with Gasteiger partial charge in [0.2, 0.25) is 27.7 Å². The number of amides is 4. The standard InChI is InChI=1S/C40H55N5O10S/c1-39(2)16-10-11-24-17-28-30(19-32(24)52-3)41-34(53-4)20-33(28)55-26-18-31-35(46)43-40(37(48)44-56(50,51)27-14-15-27)21-25(40)12-8-6-5-7-9-13-29(36(47)45(31)22-26)42-38(49)54-23-39/h17,19-20,25-27,29,31H,5-16,18,21-23H2,1-4H3,(H,42,49)(H,43,46)(H,44,48)/t25-,26-,29+,31+,40-/m1/s1. The van der Waals surface area contributed by atoms with Crippen molar-refractivity contribution in [3.8, 4) is 17.4 Å². The largest absolute Gasteiger partial charge is 0.496 e. The quantitative estimate of drug-likeness (QED) is 0.391. The van der Waals surface area contributed by atoms with Gasteiger partial charge in [-0.15, -0.1) is 0 Å². The third-order valence-corrected chi connectivity index (χ3v) is 13.9. The van der Waals surface area contributed by atoms with Gasteiger partial charge in [0.15, 0.2) is 0 Å². The Bertz CT molecular complexity index is 1970. The summed E-state index contributed by atoms with van der Waals surface area (Å²) in [5.41, 5.74) is -0.262. The zero-order chi connectivity index (χ0) is 39.8. The number of hydrogen-bond donors (Lipinski definition) is 3. The maximum absolute atomic E-state index is 14.6. The second-order valence-electron chi connectivity index (χ2n) is 17.0. The number of carbonyl (C=O) groups is 4. The van der Waals surface area contributed by atoms with Crippen LogP contribution in [0.4, 0.5) is 4.79 Å². The molecule has 306 valence electrons. The summed E-state index contributed by atoms with van der Waals surface area (Å²) in [6, 6.07) is 3.46. The summed E-state index contributed by atoms with van der Waals surface area (Å²) in [4.78, 5) is 62.4. The number of fused-ring (bicyclic) bond motifs is 4. The predicted molar refractivity (Wildman–Crippen MR) is 206 cm³/mol. The first kappa shape index (κ1) is 39.9. The second-order valence-corrected chi connectivity index (χ2v) is 19.0. The van der Waals surface area contributed by atoms with Crippen molar-refractivity contribution in [2.75, 3.05) is 27.4 Å². The molecule has 4 heterocycles. The topological polar surface area (TPSA) is 192 Å². The van der Waals surface area contributed by atoms with E-state index in [9.17, 15) is 27.6 Å². The van der Waals surface area contributed by atoms with E-state index in [0.717, 1.165) is 44.1 Å². The smallest absolute Gasteiger partial charge is 0.407 e. The van der Waals surface area contributed by atoms with Gasteiger partial charge in [0.25, 0.3) is 5.91 Å². The molecule has 1 aromatic carbocycles. The monoisotopic (exact) mass is 797 g/mol. The van der Waals surface area contributed by atoms with Crippen LogP contribution in [-0.2, 0) is 35.6 Å². The molecule has 15 nitrogen and oxygen atoms in total. The van der Waals surface area contributed by atoms with E-state index in [1.165, 1.54) is 12.0 Å². The molecule has 7 rings (SSSR count). The Kier molecular flexibility index (Phi) is 11.3. The molecule has 3 N–H and O–H groups in total. The number of ether oxygens (including phenoxy) is 4. The lowest BCUT2D eigenvalue weighted by Crippen LogP contribution is -2.58. The summed E-state index contributed by atoms with van der Waals surface area (Å²) in [6.07, 6.45) is 7.18. The average Bonchev–Trinajstić information content (AvgIpc) is 4.09. The molecule has 2 aliphatic carbocycles. The van der Waals surface area contributed by atoms with E-state index >= 15 is 0 Å². The average molecular weight is 798 g/mol. The molecule has 3 aliphatic heterocycles. The SMILES string of the molecule is COc1cc2c3cc(c(OC)cc3n1)CCCC(C)(C)COC(=O)N[C@H]1CCCCCCC[C@@H]3C[C@@]3(C(=O)NS(=O)(=O)C3CC3)NC(=O)[C@@H]3C[C@H](CN3C1=O)O2. The van der Waals surface area contributed by atoms with Crippen molar-refractivity contribution >= 4 is 44.7 Å². The van der Waals surface area contributed by atoms with Gasteiger partial charge in [-0.25, -0.2) is 18.2 Å². The Morgan fingerprint density at radius 2 is 1.73 bits per heavy atom. The number of nitrogens with zero attached hydrogens (tertiary/aromatic N) is 2. The zero-order valence-corrected chi connectivity index (χ0v) is 33.6. The normalized spacial score (nSPS) is 28.9. The summed E-state index contributed by atoms with van der Waals surface area (Å²) in [7, 11) is -0.757. The fraction of sp³-hybridized carbons (Fsp3) is 0.675. The van der Waals surface area contributed by atoms with Gasteiger partial charge in [-0.2, -0.15) is 0 Å². The number of hydrogen-bond acceptors (Lipinski definition) is 11. The highest BCUT2D eigenvalue weighted by Crippen LogP contribution is 2.48. The lowest BCUT2D eigenvalue weighted by atomic mass is 9.87. The molecule has 4 amide bonds. The first-order chi connectivity index (χ1) is 26.7. The maximum Gasteiger partial charge on any atom is 0.407 e. The van der Waals surface area contributed by atoms with E-state index in [2.05, 4.69) is 20.3 Å². The lowest BCUT2D eigenvalue weighted by Gasteiger charge is -2.30. The van der Waals surface area contributed by atoms with E-state index in [1.807, 2.05) is 26.0 Å². The van der Waals surface area contributed by atoms with Crippen molar-refractivity contribution in [3.63, 3.8) is 0 Å². The van der Waals surface area contributed by atoms with Crippen molar-refractivity contribution in [1.29, 1.82) is 0 Å². The van der Waals surface area contributed by atoms with Crippen LogP contribution < -0.4 is 29.6 Å². The minimum atomic E-state index is -3.87. The Morgan fingerprint density at radius 1 is 0.982 bits per heavy atom. The predicted octanol–water partition coefficient (Wildman–Crippen LogP) is 4.29. The molecule has 0 spiro atoms. The highest BCUT2D eigenvalue weighted by Gasteiger charge is 2.62. The molecule has 0 unspecified atom stereocenters. The van der Waals surface area contributed by atoms with E-state index in [-0.39, 0.29) is 30.9 Å². The van der Waals surface area contributed by atoms with Gasteiger partial charge >= 0.3 is 6.09 Å². The molecule has 16 heteroatoms. The molecule has 5 bridgehead atoms. The number of carbonyl (C=O) groups excluding carboxylic acids is 4. The minimum Gasteiger partial charge on any atom is -0.496 e. The highest BCUT2D eigenvalue weighted by atomic mass is 32.2. The highest BCUT2D eigenvalue weighted by molar-refractivity contribution is 7.91. The van der Waals surface area contributed by atoms with Crippen LogP contribution in [0.3, 0.4) is 0 Å². The number of pyridine rings is 1. The summed E-state index contributed by atoms with van der Waals surface area (Å²) in [5.74, 6) is -0.604. The first-order valence-electron chi connectivity index (χ1n) is 20.1. The molecule has 4 fully saturated rings. The van der Waals surface area contributed by atoms with Gasteiger partial charge in [0, 0.05) is 23.9 Å². The number of benzene rings is 1. The van der Waals surface area contributed by atoms with Crippen molar-refractivity contribution in [2.45, 2.75) is 133 Å². The molecule has 1 aromatic heterocycles. The van der Waals surface area contributed by atoms with Crippen LogP contribution in [0.1, 0.15) is 103 Å². The van der Waals surface area contributed by atoms with Crippen LogP contribution in [0.25, 0.3) is 10.9 Å². The van der Waals surface area contributed by atoms with Crippen molar-refractivity contribution < 1.29 is 46.5 Å². The van der Waals surface area contributed by atoms with Crippen molar-refractivity contribution in [2.24, 2.45) is 11.3 Å². The fourth-order valence-electron chi connectivity index (χ4n) is 8.54. The van der Waals surface area contributed by atoms with E-state index in [0.29, 0.717) is 73.2 Å². The molecule has 56 heavy (non-hydrogen) atoms. The molecule has 5 atom stereocenters. The number of rotatable bonds is 5. The van der Waals surface area contributed by atoms with Crippen molar-refractivity contribution in [3.05, 3.63) is 23.8 Å². The van der Waals surface area contributed by atoms with Crippen LogP contribution in [0.15, 0.2) is 18.2 Å². The third kappa shape index (κ3) is 8.64. The fourth-order valence-corrected chi connectivity index (χ4v) is 9.90. The van der Waals surface area contributed by atoms with Crippen LogP contribution in [0.2, 0.25) is 0 Å². The first-order valence-corrected chi connectivity index (χ1v) is 21.6. The molecule has 0 radical (unpaired) electrons. The van der Waals surface area contributed by atoms with Crippen LogP contribution >= 0.6 is 0 Å². The Hall–Kier alpha value is -4.34. The summed E-state index contributed by atoms with van der Waals surface area (Å²) < 4.78 is 51.8. The summed E-state index contributed by atoms with van der Waals surface area (Å²) in [5, 5.41) is 5.88. The van der Waals surface area contributed by atoms with Crippen molar-refractivity contribution in [1.82, 2.24) is 25.2 Å². The number of aryl methyl sites for hydroxylation is 1. The molecular formula is C40H55N5O10S. The Morgan fingerprint density at radius 3 is 2.46 bits per heavy atom. The van der Waals surface area contributed by atoms with Gasteiger partial charge in [0.05, 0.1) is 38.1 Å². The van der Waals surface area contributed by atoms with Gasteiger partial charge in [-0.1, -0.05) is 46.0 Å². The van der Waals surface area contributed by atoms with Crippen LogP contribution in [-0.4, -0.2) is 98.5 Å². The van der Waals surface area contributed by atoms with Gasteiger partial charge < -0.3 is 34.5 Å². The molecule has 2 saturated carbocycles. The number of aromatic nitrogens is 1.